The summed E-state index contributed by atoms with van der Waals surface area (Å²) in [6.45, 7) is 8.71. The molecular weight excluding hydrogens is 438 g/mol. The highest BCUT2D eigenvalue weighted by Crippen LogP contribution is 2.34. The van der Waals surface area contributed by atoms with Crippen LogP contribution in [0.2, 0.25) is 0 Å². The number of carbonyl (C=O) groups is 1. The lowest BCUT2D eigenvalue weighted by atomic mass is 9.98. The lowest BCUT2D eigenvalue weighted by molar-refractivity contribution is 0.0920. The van der Waals surface area contributed by atoms with Crippen LogP contribution in [0.15, 0.2) is 60.9 Å². The number of nitrogens with one attached hydrogen (secondary N) is 2. The van der Waals surface area contributed by atoms with Crippen molar-refractivity contribution in [1.29, 1.82) is 0 Å². The first kappa shape index (κ1) is 24.4. The molecule has 2 heterocycles. The fourth-order valence-corrected chi connectivity index (χ4v) is 3.98. The molecule has 4 aromatic rings. The average molecular weight is 472 g/mol. The third-order valence-corrected chi connectivity index (χ3v) is 5.70. The molecule has 1 amide bonds. The van der Waals surface area contributed by atoms with Crippen LogP contribution in [0.4, 0.5) is 11.4 Å². The van der Waals surface area contributed by atoms with Gasteiger partial charge in [0.1, 0.15) is 0 Å². The van der Waals surface area contributed by atoms with Crippen molar-refractivity contribution in [3.8, 4) is 11.3 Å². The van der Waals surface area contributed by atoms with Gasteiger partial charge in [0, 0.05) is 41.1 Å². The second-order valence-electron chi connectivity index (χ2n) is 9.74. The normalized spacial score (nSPS) is 11.6. The van der Waals surface area contributed by atoms with Gasteiger partial charge >= 0.3 is 0 Å². The molecule has 0 radical (unpaired) electrons. The predicted molar refractivity (Wildman–Crippen MR) is 141 cm³/mol. The van der Waals surface area contributed by atoms with E-state index in [4.69, 9.17) is 5.10 Å². The monoisotopic (exact) mass is 471 g/mol. The first-order chi connectivity index (χ1) is 16.8. The van der Waals surface area contributed by atoms with Crippen LogP contribution in [0.25, 0.3) is 22.2 Å². The number of para-hydroxylation sites is 1. The van der Waals surface area contributed by atoms with Gasteiger partial charge in [0.05, 0.1) is 29.1 Å². The molecular formula is C28H33N5O2. The Morgan fingerprint density at radius 1 is 1.11 bits per heavy atom. The number of nitrogens with zero attached hydrogens (tertiary/aromatic N) is 3. The van der Waals surface area contributed by atoms with Crippen LogP contribution < -0.4 is 10.6 Å². The Balaban J connectivity index is 1.89. The molecule has 2 aromatic heterocycles. The Hall–Kier alpha value is -3.71. The number of pyridine rings is 1. The summed E-state index contributed by atoms with van der Waals surface area (Å²) in [6, 6.07) is 15.5. The summed E-state index contributed by atoms with van der Waals surface area (Å²) in [5.41, 5.74) is 4.61. The molecule has 3 N–H and O–H groups in total. The maximum absolute atomic E-state index is 13.2. The number of anilines is 2. The Labute approximate surface area is 206 Å². The lowest BCUT2D eigenvalue weighted by Gasteiger charge is -2.22. The third-order valence-electron chi connectivity index (χ3n) is 5.70. The average Bonchev–Trinajstić information content (AvgIpc) is 3.30. The van der Waals surface area contributed by atoms with Crippen LogP contribution in [0.3, 0.4) is 0 Å². The topological polar surface area (TPSA) is 92.1 Å². The maximum Gasteiger partial charge on any atom is 0.255 e. The molecule has 0 unspecified atom stereocenters. The number of aryl methyl sites for hydroxylation is 1. The van der Waals surface area contributed by atoms with Gasteiger partial charge in [-0.2, -0.15) is 5.10 Å². The molecule has 4 rings (SSSR count). The summed E-state index contributed by atoms with van der Waals surface area (Å²) in [7, 11) is 0. The molecule has 0 atom stereocenters. The maximum atomic E-state index is 13.2. The zero-order chi connectivity index (χ0) is 25.0. The van der Waals surface area contributed by atoms with Crippen molar-refractivity contribution in [2.75, 3.05) is 5.32 Å². The van der Waals surface area contributed by atoms with E-state index in [9.17, 15) is 9.90 Å². The SMILES string of the molecule is CCCCn1ccc(-c2cc3c(Nc4ccccc4)c(C(=O)NC(C)(C)C)cnc3cc2CO)n1. The lowest BCUT2D eigenvalue weighted by Crippen LogP contribution is -2.40. The van der Waals surface area contributed by atoms with E-state index in [1.165, 1.54) is 0 Å². The molecule has 0 aliphatic rings. The largest absolute Gasteiger partial charge is 0.392 e. The van der Waals surface area contributed by atoms with Crippen LogP contribution in [-0.2, 0) is 13.2 Å². The molecule has 0 aliphatic carbocycles. The van der Waals surface area contributed by atoms with Crippen LogP contribution in [0.5, 0.6) is 0 Å². The highest BCUT2D eigenvalue weighted by atomic mass is 16.3. The summed E-state index contributed by atoms with van der Waals surface area (Å²) in [5, 5.41) is 22.1. The number of fused-ring (bicyclic) bond motifs is 1. The molecule has 0 fully saturated rings. The predicted octanol–water partition coefficient (Wildman–Crippen LogP) is 5.66. The summed E-state index contributed by atoms with van der Waals surface area (Å²) in [5.74, 6) is -0.207. The fourth-order valence-electron chi connectivity index (χ4n) is 3.98. The minimum absolute atomic E-state index is 0.136. The molecule has 0 bridgehead atoms. The van der Waals surface area contributed by atoms with Crippen LogP contribution in [0.1, 0.15) is 56.5 Å². The Kier molecular flexibility index (Phi) is 7.17. The van der Waals surface area contributed by atoms with Gasteiger partial charge in [0.15, 0.2) is 0 Å². The van der Waals surface area contributed by atoms with Gasteiger partial charge in [0.25, 0.3) is 5.91 Å². The van der Waals surface area contributed by atoms with Crippen molar-refractivity contribution in [2.45, 2.75) is 59.2 Å². The number of aliphatic hydroxyl groups excluding tert-OH is 1. The highest BCUT2D eigenvalue weighted by molar-refractivity contribution is 6.09. The molecule has 0 saturated carbocycles. The molecule has 0 aliphatic heterocycles. The van der Waals surface area contributed by atoms with Crippen molar-refractivity contribution in [3.63, 3.8) is 0 Å². The second kappa shape index (κ2) is 10.3. The van der Waals surface area contributed by atoms with Gasteiger partial charge in [-0.1, -0.05) is 31.5 Å². The summed E-state index contributed by atoms with van der Waals surface area (Å²) in [4.78, 5) is 17.8. The molecule has 35 heavy (non-hydrogen) atoms. The number of unbranched alkanes of at least 4 members (excludes halogenated alkanes) is 1. The zero-order valence-electron chi connectivity index (χ0n) is 20.8. The minimum Gasteiger partial charge on any atom is -0.392 e. The van der Waals surface area contributed by atoms with Crippen LogP contribution in [0, 0.1) is 0 Å². The highest BCUT2D eigenvalue weighted by Gasteiger charge is 2.22. The number of rotatable bonds is 8. The van der Waals surface area contributed by atoms with E-state index in [0.29, 0.717) is 16.8 Å². The second-order valence-corrected chi connectivity index (χ2v) is 9.74. The van der Waals surface area contributed by atoms with E-state index in [1.54, 1.807) is 6.20 Å². The Morgan fingerprint density at radius 2 is 1.89 bits per heavy atom. The zero-order valence-corrected chi connectivity index (χ0v) is 20.8. The number of aliphatic hydroxyl groups is 1. The standard InChI is InChI=1S/C28H33N5O2/c1-5-6-13-33-14-12-24(32-33)21-16-22-25(15-19(21)18-34)29-17-23(27(35)31-28(2,3)4)26(22)30-20-10-8-7-9-11-20/h7-12,14-17,34H,5-6,13,18H2,1-4H3,(H,29,30)(H,31,35). The van der Waals surface area contributed by atoms with Gasteiger partial charge in [0.2, 0.25) is 0 Å². The molecule has 7 heteroatoms. The molecule has 0 spiro atoms. The van der Waals surface area contributed by atoms with E-state index in [1.807, 2.05) is 80.2 Å². The minimum atomic E-state index is -0.396. The molecule has 0 saturated heterocycles. The van der Waals surface area contributed by atoms with Crippen LogP contribution >= 0.6 is 0 Å². The van der Waals surface area contributed by atoms with Crippen molar-refractivity contribution in [2.24, 2.45) is 0 Å². The van der Waals surface area contributed by atoms with E-state index >= 15 is 0 Å². The summed E-state index contributed by atoms with van der Waals surface area (Å²) < 4.78 is 1.93. The van der Waals surface area contributed by atoms with Gasteiger partial charge in [-0.3, -0.25) is 14.5 Å². The number of hydrogen-bond donors (Lipinski definition) is 3. The number of hydrogen-bond acceptors (Lipinski definition) is 5. The van der Waals surface area contributed by atoms with E-state index in [-0.39, 0.29) is 12.5 Å². The van der Waals surface area contributed by atoms with Gasteiger partial charge in [-0.15, -0.1) is 0 Å². The van der Waals surface area contributed by atoms with Crippen molar-refractivity contribution >= 4 is 28.2 Å². The summed E-state index contributed by atoms with van der Waals surface area (Å²) in [6.07, 6.45) is 5.69. The van der Waals surface area contributed by atoms with E-state index < -0.39 is 5.54 Å². The fraction of sp³-hybridized carbons (Fsp3) is 0.321. The van der Waals surface area contributed by atoms with Gasteiger partial charge in [-0.05, 0) is 63.1 Å². The third kappa shape index (κ3) is 5.69. The van der Waals surface area contributed by atoms with Crippen molar-refractivity contribution < 1.29 is 9.90 Å². The van der Waals surface area contributed by atoms with Crippen molar-refractivity contribution in [1.82, 2.24) is 20.1 Å². The number of amides is 1. The van der Waals surface area contributed by atoms with E-state index in [2.05, 4.69) is 22.5 Å². The number of benzene rings is 2. The Morgan fingerprint density at radius 3 is 2.57 bits per heavy atom. The Bertz CT molecular complexity index is 1320. The van der Waals surface area contributed by atoms with Crippen molar-refractivity contribution in [3.05, 3.63) is 72.1 Å². The molecule has 2 aromatic carbocycles. The molecule has 182 valence electrons. The van der Waals surface area contributed by atoms with E-state index in [0.717, 1.165) is 47.3 Å². The number of aromatic nitrogens is 3. The smallest absolute Gasteiger partial charge is 0.255 e. The first-order valence-electron chi connectivity index (χ1n) is 12.0. The van der Waals surface area contributed by atoms with Gasteiger partial charge in [-0.25, -0.2) is 0 Å². The van der Waals surface area contributed by atoms with Crippen LogP contribution in [-0.4, -0.2) is 31.3 Å². The number of carbonyl (C=O) groups excluding carboxylic acids is 1. The first-order valence-corrected chi connectivity index (χ1v) is 12.0. The molecule has 7 nitrogen and oxygen atoms in total. The summed E-state index contributed by atoms with van der Waals surface area (Å²) >= 11 is 0. The quantitative estimate of drug-likeness (QED) is 0.308. The van der Waals surface area contributed by atoms with Gasteiger partial charge < -0.3 is 15.7 Å².